The molecule has 0 fully saturated rings. The Morgan fingerprint density at radius 3 is 2.53 bits per heavy atom. The van der Waals surface area contributed by atoms with Crippen molar-refractivity contribution in [2.24, 2.45) is 5.16 Å². The van der Waals surface area contributed by atoms with Gasteiger partial charge in [0.2, 0.25) is 0 Å². The van der Waals surface area contributed by atoms with Gasteiger partial charge in [-0.2, -0.15) is 0 Å². The van der Waals surface area contributed by atoms with E-state index in [1.165, 1.54) is 7.11 Å². The zero-order chi connectivity index (χ0) is 13.5. The van der Waals surface area contributed by atoms with E-state index in [9.17, 15) is 0 Å². The van der Waals surface area contributed by atoms with Gasteiger partial charge in [-0.3, -0.25) is 9.97 Å². The summed E-state index contributed by atoms with van der Waals surface area (Å²) in [5.74, 6) is 0.806. The molecule has 0 N–H and O–H groups in total. The van der Waals surface area contributed by atoms with Crippen LogP contribution < -0.4 is 4.74 Å². The van der Waals surface area contributed by atoms with Crippen molar-refractivity contribution >= 4 is 5.71 Å². The van der Waals surface area contributed by atoms with Crippen LogP contribution in [0.4, 0.5) is 0 Å². The number of hydrogen-bond acceptors (Lipinski definition) is 5. The van der Waals surface area contributed by atoms with Gasteiger partial charge in [0.1, 0.15) is 12.9 Å². The Morgan fingerprint density at radius 2 is 1.95 bits per heavy atom. The highest BCUT2D eigenvalue weighted by molar-refractivity contribution is 6.01. The van der Waals surface area contributed by atoms with Gasteiger partial charge in [0.25, 0.3) is 0 Å². The van der Waals surface area contributed by atoms with Crippen molar-refractivity contribution in [3.63, 3.8) is 0 Å². The quantitative estimate of drug-likeness (QED) is 0.608. The molecule has 0 aliphatic carbocycles. The molecule has 98 valence electrons. The molecule has 1 aromatic heterocycles. The van der Waals surface area contributed by atoms with Crippen LogP contribution in [0.5, 0.6) is 5.75 Å². The van der Waals surface area contributed by atoms with Crippen LogP contribution in [-0.4, -0.2) is 29.9 Å². The van der Waals surface area contributed by atoms with Gasteiger partial charge in [-0.05, 0) is 29.8 Å². The van der Waals surface area contributed by atoms with E-state index in [2.05, 4.69) is 15.1 Å². The highest BCUT2D eigenvalue weighted by Gasteiger charge is 2.07. The van der Waals surface area contributed by atoms with E-state index in [1.54, 1.807) is 25.7 Å². The van der Waals surface area contributed by atoms with Gasteiger partial charge in [-0.1, -0.05) is 5.16 Å². The minimum Gasteiger partial charge on any atom is -0.497 e. The fraction of sp³-hybridized carbons (Fsp3) is 0.214. The lowest BCUT2D eigenvalue weighted by atomic mass is 10.1. The number of ether oxygens (including phenoxy) is 1. The number of aromatic nitrogens is 2. The molecule has 5 heteroatoms. The van der Waals surface area contributed by atoms with Crippen molar-refractivity contribution in [1.82, 2.24) is 9.97 Å². The van der Waals surface area contributed by atoms with E-state index < -0.39 is 0 Å². The molecule has 0 unspecified atom stereocenters. The predicted octanol–water partition coefficient (Wildman–Crippen LogP) is 2.08. The van der Waals surface area contributed by atoms with Gasteiger partial charge in [0.05, 0.1) is 18.5 Å². The summed E-state index contributed by atoms with van der Waals surface area (Å²) >= 11 is 0. The van der Waals surface area contributed by atoms with Gasteiger partial charge in [0, 0.05) is 25.0 Å². The highest BCUT2D eigenvalue weighted by atomic mass is 16.6. The second-order valence-electron chi connectivity index (χ2n) is 3.82. The second kappa shape index (κ2) is 6.49. The Balaban J connectivity index is 2.22. The maximum atomic E-state index is 5.13. The van der Waals surface area contributed by atoms with Crippen LogP contribution in [0.25, 0.3) is 0 Å². The van der Waals surface area contributed by atoms with Crippen molar-refractivity contribution in [3.8, 4) is 5.75 Å². The van der Waals surface area contributed by atoms with Crippen LogP contribution in [-0.2, 0) is 11.3 Å². The Labute approximate surface area is 111 Å². The molecule has 0 aliphatic rings. The van der Waals surface area contributed by atoms with E-state index in [0.29, 0.717) is 6.42 Å². The zero-order valence-corrected chi connectivity index (χ0v) is 10.9. The zero-order valence-electron chi connectivity index (χ0n) is 10.9. The van der Waals surface area contributed by atoms with E-state index in [-0.39, 0.29) is 0 Å². The Hall–Kier alpha value is -2.43. The number of nitrogens with zero attached hydrogens (tertiary/aromatic N) is 3. The minimum atomic E-state index is 0.564. The molecule has 0 saturated heterocycles. The highest BCUT2D eigenvalue weighted by Crippen LogP contribution is 2.13. The lowest BCUT2D eigenvalue weighted by Crippen LogP contribution is -2.07. The summed E-state index contributed by atoms with van der Waals surface area (Å²) in [6.07, 6.45) is 5.58. The van der Waals surface area contributed by atoms with Crippen molar-refractivity contribution < 1.29 is 9.57 Å². The summed E-state index contributed by atoms with van der Waals surface area (Å²) in [6, 6.07) is 7.65. The molecule has 1 heterocycles. The van der Waals surface area contributed by atoms with E-state index in [0.717, 1.165) is 22.7 Å². The number of benzene rings is 1. The normalized spacial score (nSPS) is 11.2. The first kappa shape index (κ1) is 13.0. The van der Waals surface area contributed by atoms with Crippen LogP contribution in [0.3, 0.4) is 0 Å². The summed E-state index contributed by atoms with van der Waals surface area (Å²) in [4.78, 5) is 13.2. The van der Waals surface area contributed by atoms with Crippen molar-refractivity contribution in [2.75, 3.05) is 14.2 Å². The summed E-state index contributed by atoms with van der Waals surface area (Å²) in [6.45, 7) is 0. The first-order chi connectivity index (χ1) is 9.33. The van der Waals surface area contributed by atoms with E-state index >= 15 is 0 Å². The van der Waals surface area contributed by atoms with Gasteiger partial charge in [0.15, 0.2) is 0 Å². The Bertz CT molecular complexity index is 538. The number of rotatable bonds is 5. The monoisotopic (exact) mass is 257 g/mol. The van der Waals surface area contributed by atoms with E-state index in [4.69, 9.17) is 9.57 Å². The summed E-state index contributed by atoms with van der Waals surface area (Å²) in [7, 11) is 3.17. The molecule has 0 atom stereocenters. The Kier molecular flexibility index (Phi) is 4.44. The molecule has 0 spiro atoms. The molecule has 1 aromatic carbocycles. The Morgan fingerprint density at radius 1 is 1.16 bits per heavy atom. The molecular weight excluding hydrogens is 242 g/mol. The molecule has 0 saturated carbocycles. The van der Waals surface area contributed by atoms with E-state index in [1.807, 2.05) is 24.3 Å². The molecule has 2 aromatic rings. The lowest BCUT2D eigenvalue weighted by molar-refractivity contribution is 0.213. The van der Waals surface area contributed by atoms with Gasteiger partial charge >= 0.3 is 0 Å². The number of methoxy groups -OCH3 is 1. The van der Waals surface area contributed by atoms with Crippen LogP contribution in [0.15, 0.2) is 48.0 Å². The lowest BCUT2D eigenvalue weighted by Gasteiger charge is -2.06. The fourth-order valence-corrected chi connectivity index (χ4v) is 1.67. The van der Waals surface area contributed by atoms with Crippen LogP contribution in [0.2, 0.25) is 0 Å². The molecule has 0 aliphatic heterocycles. The molecule has 0 amide bonds. The third kappa shape index (κ3) is 3.51. The molecule has 5 nitrogen and oxygen atoms in total. The third-order valence-corrected chi connectivity index (χ3v) is 2.59. The average Bonchev–Trinajstić information content (AvgIpc) is 2.48. The average molecular weight is 257 g/mol. The fourth-order valence-electron chi connectivity index (χ4n) is 1.67. The van der Waals surface area contributed by atoms with Gasteiger partial charge in [-0.25, -0.2) is 0 Å². The predicted molar refractivity (Wildman–Crippen MR) is 72.3 cm³/mol. The maximum Gasteiger partial charge on any atom is 0.118 e. The van der Waals surface area contributed by atoms with Gasteiger partial charge < -0.3 is 9.57 Å². The summed E-state index contributed by atoms with van der Waals surface area (Å²) < 4.78 is 5.13. The smallest absolute Gasteiger partial charge is 0.118 e. The molecule has 2 rings (SSSR count). The largest absolute Gasteiger partial charge is 0.497 e. The maximum absolute atomic E-state index is 5.13. The van der Waals surface area contributed by atoms with Gasteiger partial charge in [-0.15, -0.1) is 0 Å². The van der Waals surface area contributed by atoms with Crippen molar-refractivity contribution in [3.05, 3.63) is 54.1 Å². The van der Waals surface area contributed by atoms with Crippen LogP contribution in [0.1, 0.15) is 11.3 Å². The molecule has 19 heavy (non-hydrogen) atoms. The first-order valence-corrected chi connectivity index (χ1v) is 5.83. The first-order valence-electron chi connectivity index (χ1n) is 5.83. The third-order valence-electron chi connectivity index (χ3n) is 2.59. The van der Waals surface area contributed by atoms with Crippen LogP contribution >= 0.6 is 0 Å². The summed E-state index contributed by atoms with van der Waals surface area (Å²) in [5, 5.41) is 4.05. The number of oxime groups is 1. The standard InChI is InChI=1S/C14H15N3O2/c1-18-13-5-3-11(4-6-13)14(17-19-2)9-12-10-15-7-8-16-12/h3-8,10H,9H2,1-2H3. The molecule has 0 bridgehead atoms. The number of hydrogen-bond donors (Lipinski definition) is 0. The summed E-state index contributed by atoms with van der Waals surface area (Å²) in [5.41, 5.74) is 2.60. The van der Waals surface area contributed by atoms with Crippen molar-refractivity contribution in [2.45, 2.75) is 6.42 Å². The van der Waals surface area contributed by atoms with Crippen molar-refractivity contribution in [1.29, 1.82) is 0 Å². The van der Waals surface area contributed by atoms with Crippen LogP contribution in [0, 0.1) is 0 Å². The molecule has 0 radical (unpaired) electrons. The SMILES string of the molecule is CON=C(Cc1cnccn1)c1ccc(OC)cc1. The second-order valence-corrected chi connectivity index (χ2v) is 3.82. The topological polar surface area (TPSA) is 56.6 Å². The minimum absolute atomic E-state index is 0.564. The molecular formula is C14H15N3O2.